The molecule has 3 N–H and O–H groups in total. The number of amides is 4. The molecule has 10 nitrogen and oxygen atoms in total. The van der Waals surface area contributed by atoms with Gasteiger partial charge in [-0.1, -0.05) is 49.6 Å². The van der Waals surface area contributed by atoms with E-state index in [0.29, 0.717) is 51.2 Å². The van der Waals surface area contributed by atoms with Gasteiger partial charge in [0.15, 0.2) is 0 Å². The Hall–Kier alpha value is -4.08. The first kappa shape index (κ1) is 28.4. The molecule has 41 heavy (non-hydrogen) atoms. The zero-order chi connectivity index (χ0) is 28.8. The van der Waals surface area contributed by atoms with Gasteiger partial charge in [0.2, 0.25) is 11.8 Å². The molecule has 1 aliphatic carbocycles. The molecular formula is C31H39N5O5. The van der Waals surface area contributed by atoms with Crippen LogP contribution < -0.4 is 20.7 Å². The monoisotopic (exact) mass is 561 g/mol. The number of carbonyl (C=O) groups excluding carboxylic acids is 4. The van der Waals surface area contributed by atoms with Crippen LogP contribution in [-0.4, -0.2) is 71.5 Å². The molecule has 0 unspecified atom stereocenters. The number of nitrogens with one attached hydrogen (secondary N) is 1. The van der Waals surface area contributed by atoms with Gasteiger partial charge in [0.05, 0.1) is 6.67 Å². The average Bonchev–Trinajstić information content (AvgIpc) is 3.23. The number of ether oxygens (including phenoxy) is 1. The molecule has 1 spiro atoms. The van der Waals surface area contributed by atoms with Crippen LogP contribution in [-0.2, 0) is 20.8 Å². The molecule has 0 aromatic heterocycles. The fraction of sp³-hybridized carbons (Fsp3) is 0.484. The Labute approximate surface area is 240 Å². The van der Waals surface area contributed by atoms with Crippen LogP contribution >= 0.6 is 0 Å². The molecule has 2 heterocycles. The van der Waals surface area contributed by atoms with Gasteiger partial charge in [-0.25, -0.2) is 4.79 Å². The van der Waals surface area contributed by atoms with Crippen molar-refractivity contribution in [3.05, 3.63) is 60.2 Å². The number of para-hydroxylation sites is 1. The Kier molecular flexibility index (Phi) is 8.75. The summed E-state index contributed by atoms with van der Waals surface area (Å²) >= 11 is 0. The second-order valence-corrected chi connectivity index (χ2v) is 11.3. The predicted octanol–water partition coefficient (Wildman–Crippen LogP) is 3.19. The molecule has 2 aromatic carbocycles. The van der Waals surface area contributed by atoms with Gasteiger partial charge >= 0.3 is 6.09 Å². The number of nitrogens with zero attached hydrogens (tertiary/aromatic N) is 3. The number of piperidine rings is 1. The highest BCUT2D eigenvalue weighted by molar-refractivity contribution is 5.96. The summed E-state index contributed by atoms with van der Waals surface area (Å²) in [6.45, 7) is 1.31. The third-order valence-electron chi connectivity index (χ3n) is 8.57. The first-order valence-corrected chi connectivity index (χ1v) is 14.6. The number of hydrogen-bond acceptors (Lipinski definition) is 6. The molecule has 4 amide bonds. The summed E-state index contributed by atoms with van der Waals surface area (Å²) in [5, 5.41) is 3.14. The molecule has 3 aliphatic rings. The zero-order valence-corrected chi connectivity index (χ0v) is 23.4. The Morgan fingerprint density at radius 3 is 2.41 bits per heavy atom. The molecule has 1 saturated carbocycles. The maximum Gasteiger partial charge on any atom is 0.409 e. The number of benzene rings is 2. The van der Waals surface area contributed by atoms with E-state index in [2.05, 4.69) is 10.2 Å². The third kappa shape index (κ3) is 6.64. The van der Waals surface area contributed by atoms with Crippen LogP contribution in [0, 0.1) is 0 Å². The smallest absolute Gasteiger partial charge is 0.409 e. The molecule has 2 aliphatic heterocycles. The van der Waals surface area contributed by atoms with E-state index >= 15 is 0 Å². The third-order valence-corrected chi connectivity index (χ3v) is 8.57. The molecule has 0 radical (unpaired) electrons. The zero-order valence-electron chi connectivity index (χ0n) is 23.4. The van der Waals surface area contributed by atoms with Crippen molar-refractivity contribution in [3.63, 3.8) is 0 Å². The fourth-order valence-electron chi connectivity index (χ4n) is 6.43. The number of likely N-dealkylation sites (tertiary alicyclic amines) is 1. The Bertz CT molecular complexity index is 1250. The summed E-state index contributed by atoms with van der Waals surface area (Å²) in [6.07, 6.45) is 6.37. The van der Waals surface area contributed by atoms with E-state index < -0.39 is 11.6 Å². The van der Waals surface area contributed by atoms with Crippen molar-refractivity contribution in [1.82, 2.24) is 15.1 Å². The normalized spacial score (nSPS) is 18.9. The van der Waals surface area contributed by atoms with Gasteiger partial charge in [-0.3, -0.25) is 14.4 Å². The van der Waals surface area contributed by atoms with Crippen LogP contribution in [0.5, 0.6) is 5.75 Å². The maximum atomic E-state index is 13.9. The quantitative estimate of drug-likeness (QED) is 0.510. The van der Waals surface area contributed by atoms with E-state index in [9.17, 15) is 19.2 Å². The largest absolute Gasteiger partial charge is 0.410 e. The molecule has 5 rings (SSSR count). The lowest BCUT2D eigenvalue weighted by Gasteiger charge is -2.43. The van der Waals surface area contributed by atoms with Gasteiger partial charge in [-0.05, 0) is 61.9 Å². The van der Waals surface area contributed by atoms with E-state index in [-0.39, 0.29) is 30.3 Å². The van der Waals surface area contributed by atoms with Crippen molar-refractivity contribution in [2.45, 2.75) is 69.4 Å². The van der Waals surface area contributed by atoms with Gasteiger partial charge < -0.3 is 30.5 Å². The van der Waals surface area contributed by atoms with Gasteiger partial charge in [-0.2, -0.15) is 0 Å². The van der Waals surface area contributed by atoms with Gasteiger partial charge in [0.1, 0.15) is 17.8 Å². The van der Waals surface area contributed by atoms with Crippen LogP contribution in [0.15, 0.2) is 54.6 Å². The van der Waals surface area contributed by atoms with Crippen molar-refractivity contribution < 1.29 is 23.9 Å². The maximum absolute atomic E-state index is 13.9. The first-order chi connectivity index (χ1) is 19.8. The molecule has 0 bridgehead atoms. The second-order valence-electron chi connectivity index (χ2n) is 11.3. The van der Waals surface area contributed by atoms with Crippen LogP contribution in [0.25, 0.3) is 0 Å². The SMILES string of the molecule is NC(=O)Oc1cccc(CCC(=O)N2CCC3(CC2)C(=O)N(CC(=O)NC2CCCCC2)CN3c2ccccc2)c1. The van der Waals surface area contributed by atoms with Crippen molar-refractivity contribution in [1.29, 1.82) is 0 Å². The topological polar surface area (TPSA) is 125 Å². The average molecular weight is 562 g/mol. The predicted molar refractivity (Wildman–Crippen MR) is 154 cm³/mol. The van der Waals surface area contributed by atoms with Crippen LogP contribution in [0.1, 0.15) is 56.9 Å². The number of anilines is 1. The highest BCUT2D eigenvalue weighted by atomic mass is 16.5. The van der Waals surface area contributed by atoms with E-state index in [1.807, 2.05) is 41.3 Å². The molecule has 2 aromatic rings. The summed E-state index contributed by atoms with van der Waals surface area (Å²) in [6, 6.07) is 17.0. The Morgan fingerprint density at radius 2 is 1.71 bits per heavy atom. The van der Waals surface area contributed by atoms with E-state index in [0.717, 1.165) is 36.9 Å². The Balaban J connectivity index is 1.22. The summed E-state index contributed by atoms with van der Waals surface area (Å²) in [7, 11) is 0. The minimum Gasteiger partial charge on any atom is -0.410 e. The number of rotatable bonds is 8. The lowest BCUT2D eigenvalue weighted by Crippen LogP contribution is -2.57. The summed E-state index contributed by atoms with van der Waals surface area (Å²) < 4.78 is 4.94. The summed E-state index contributed by atoms with van der Waals surface area (Å²) in [5.41, 5.74) is 6.12. The first-order valence-electron chi connectivity index (χ1n) is 14.6. The van der Waals surface area contributed by atoms with Gasteiger partial charge in [0.25, 0.3) is 5.91 Å². The van der Waals surface area contributed by atoms with Crippen molar-refractivity contribution >= 4 is 29.5 Å². The second kappa shape index (κ2) is 12.6. The molecule has 2 saturated heterocycles. The molecule has 10 heteroatoms. The lowest BCUT2D eigenvalue weighted by molar-refractivity contribution is -0.140. The van der Waals surface area contributed by atoms with Crippen molar-refractivity contribution in [3.8, 4) is 5.75 Å². The minimum absolute atomic E-state index is 0.0153. The van der Waals surface area contributed by atoms with Gasteiger partial charge in [0, 0.05) is 31.2 Å². The van der Waals surface area contributed by atoms with E-state index in [1.165, 1.54) is 6.42 Å². The highest BCUT2D eigenvalue weighted by Gasteiger charge is 2.54. The van der Waals surface area contributed by atoms with Crippen molar-refractivity contribution in [2.24, 2.45) is 5.73 Å². The van der Waals surface area contributed by atoms with E-state index in [1.54, 1.807) is 23.1 Å². The molecular weight excluding hydrogens is 522 g/mol. The standard InChI is InChI=1S/C31H39N5O5/c32-30(40)41-26-13-7-8-23(20-26)14-15-28(38)34-18-16-31(17-19-34)29(39)35(22-36(31)25-11-5-2-6-12-25)21-27(37)33-24-9-3-1-4-10-24/h2,5-8,11-13,20,24H,1,3-4,9-10,14-19,21-22H2,(H2,32,40)(H,33,37). The summed E-state index contributed by atoms with van der Waals surface area (Å²) in [5.74, 6) is 0.216. The number of aryl methyl sites for hydroxylation is 1. The van der Waals surface area contributed by atoms with Crippen LogP contribution in [0.3, 0.4) is 0 Å². The minimum atomic E-state index is -0.880. The summed E-state index contributed by atoms with van der Waals surface area (Å²) in [4.78, 5) is 56.7. The van der Waals surface area contributed by atoms with Crippen LogP contribution in [0.4, 0.5) is 10.5 Å². The Morgan fingerprint density at radius 1 is 0.976 bits per heavy atom. The number of carbonyl (C=O) groups is 4. The number of hydrogen-bond donors (Lipinski definition) is 2. The molecule has 0 atom stereocenters. The fourth-order valence-corrected chi connectivity index (χ4v) is 6.43. The lowest BCUT2D eigenvalue weighted by atomic mass is 9.85. The number of primary amides is 1. The van der Waals surface area contributed by atoms with Gasteiger partial charge in [-0.15, -0.1) is 0 Å². The van der Waals surface area contributed by atoms with Crippen LogP contribution in [0.2, 0.25) is 0 Å². The number of nitrogens with two attached hydrogens (primary N) is 1. The van der Waals surface area contributed by atoms with E-state index in [4.69, 9.17) is 10.5 Å². The van der Waals surface area contributed by atoms with Crippen molar-refractivity contribution in [2.75, 3.05) is 31.2 Å². The highest BCUT2D eigenvalue weighted by Crippen LogP contribution is 2.39. The molecule has 218 valence electrons. The molecule has 3 fully saturated rings.